The Morgan fingerprint density at radius 2 is 1.72 bits per heavy atom. The Bertz CT molecular complexity index is 870. The molecule has 0 heterocycles. The minimum atomic E-state index is -0.401. The van der Waals surface area contributed by atoms with Crippen LogP contribution in [0.2, 0.25) is 5.02 Å². The number of benzene rings is 3. The van der Waals surface area contributed by atoms with Gasteiger partial charge in [-0.25, -0.2) is 0 Å². The van der Waals surface area contributed by atoms with E-state index in [1.165, 1.54) is 11.8 Å². The molecule has 0 aliphatic heterocycles. The van der Waals surface area contributed by atoms with Gasteiger partial charge in [0.1, 0.15) is 5.25 Å². The van der Waals surface area contributed by atoms with Gasteiger partial charge in [0.05, 0.1) is 0 Å². The third kappa shape index (κ3) is 4.78. The molecule has 1 amide bonds. The number of carbonyl (C=O) groups is 1. The van der Waals surface area contributed by atoms with E-state index < -0.39 is 5.25 Å². The Labute approximate surface area is 156 Å². The van der Waals surface area contributed by atoms with Crippen LogP contribution in [0.5, 0.6) is 0 Å². The van der Waals surface area contributed by atoms with Crippen LogP contribution in [0.3, 0.4) is 0 Å². The second kappa shape index (κ2) is 8.10. The first-order valence-electron chi connectivity index (χ1n) is 7.75. The lowest BCUT2D eigenvalue weighted by Crippen LogP contribution is -2.19. The minimum absolute atomic E-state index is 0.110. The molecule has 0 saturated heterocycles. The smallest absolute Gasteiger partial charge is 0.242 e. The van der Waals surface area contributed by atoms with Crippen molar-refractivity contribution in [3.8, 4) is 0 Å². The average Bonchev–Trinajstić information content (AvgIpc) is 2.60. The van der Waals surface area contributed by atoms with Crippen LogP contribution in [0.1, 0.15) is 10.8 Å². The number of nitrogens with two attached hydrogens (primary N) is 1. The molecule has 0 bridgehead atoms. The highest BCUT2D eigenvalue weighted by molar-refractivity contribution is 8.00. The van der Waals surface area contributed by atoms with E-state index in [9.17, 15) is 4.79 Å². The minimum Gasteiger partial charge on any atom is -0.399 e. The van der Waals surface area contributed by atoms with Gasteiger partial charge in [0, 0.05) is 21.3 Å². The zero-order valence-corrected chi connectivity index (χ0v) is 14.9. The molecule has 5 heteroatoms. The van der Waals surface area contributed by atoms with Crippen molar-refractivity contribution in [1.29, 1.82) is 0 Å². The number of thioether (sulfide) groups is 1. The lowest BCUT2D eigenvalue weighted by atomic mass is 10.1. The molecule has 0 aliphatic carbocycles. The molecule has 3 N–H and O–H groups in total. The molecular weight excluding hydrogens is 352 g/mol. The van der Waals surface area contributed by atoms with Crippen LogP contribution in [-0.2, 0) is 4.79 Å². The lowest BCUT2D eigenvalue weighted by Gasteiger charge is -2.17. The Morgan fingerprint density at radius 3 is 2.44 bits per heavy atom. The number of hydrogen-bond donors (Lipinski definition) is 2. The fourth-order valence-electron chi connectivity index (χ4n) is 2.40. The standard InChI is InChI=1S/C20H17ClN2OS/c21-15-8-4-10-17(12-15)23-20(24)19(14-6-2-1-3-7-14)25-18-11-5-9-16(22)13-18/h1-13,19H,22H2,(H,23,24). The van der Waals surface area contributed by atoms with Gasteiger partial charge in [0.25, 0.3) is 0 Å². The van der Waals surface area contributed by atoms with Crippen molar-refractivity contribution in [2.45, 2.75) is 10.1 Å². The normalized spacial score (nSPS) is 11.7. The van der Waals surface area contributed by atoms with Gasteiger partial charge in [-0.2, -0.15) is 0 Å². The Hall–Kier alpha value is -2.43. The van der Waals surface area contributed by atoms with E-state index in [1.54, 1.807) is 18.2 Å². The molecule has 1 atom stereocenters. The Morgan fingerprint density at radius 1 is 0.960 bits per heavy atom. The second-order valence-corrected chi connectivity index (χ2v) is 7.10. The van der Waals surface area contributed by atoms with Crippen LogP contribution >= 0.6 is 23.4 Å². The maximum atomic E-state index is 12.9. The molecule has 0 spiro atoms. The van der Waals surface area contributed by atoms with Gasteiger partial charge in [-0.3, -0.25) is 4.79 Å². The van der Waals surface area contributed by atoms with Gasteiger partial charge in [-0.15, -0.1) is 11.8 Å². The summed E-state index contributed by atoms with van der Waals surface area (Å²) in [6.07, 6.45) is 0. The third-order valence-electron chi connectivity index (χ3n) is 3.54. The number of halogens is 1. The van der Waals surface area contributed by atoms with Gasteiger partial charge in [0.2, 0.25) is 5.91 Å². The predicted octanol–water partition coefficient (Wildman–Crippen LogP) is 5.39. The maximum absolute atomic E-state index is 12.9. The monoisotopic (exact) mass is 368 g/mol. The van der Waals surface area contributed by atoms with Crippen LogP contribution in [0.4, 0.5) is 11.4 Å². The molecule has 1 unspecified atom stereocenters. The summed E-state index contributed by atoms with van der Waals surface area (Å²) in [4.78, 5) is 13.8. The Kier molecular flexibility index (Phi) is 5.64. The predicted molar refractivity (Wildman–Crippen MR) is 106 cm³/mol. The molecule has 0 aromatic heterocycles. The molecule has 0 aliphatic rings. The maximum Gasteiger partial charge on any atom is 0.242 e. The number of amides is 1. The Balaban J connectivity index is 1.86. The molecule has 0 fully saturated rings. The van der Waals surface area contributed by atoms with Gasteiger partial charge >= 0.3 is 0 Å². The third-order valence-corrected chi connectivity index (χ3v) is 5.03. The topological polar surface area (TPSA) is 55.1 Å². The quantitative estimate of drug-likeness (QED) is 0.468. The summed E-state index contributed by atoms with van der Waals surface area (Å²) in [6, 6.07) is 24.3. The number of nitrogens with one attached hydrogen (secondary N) is 1. The zero-order valence-electron chi connectivity index (χ0n) is 13.4. The number of nitrogen functional groups attached to an aromatic ring is 1. The fraction of sp³-hybridized carbons (Fsp3) is 0.0500. The van der Waals surface area contributed by atoms with E-state index in [4.69, 9.17) is 17.3 Å². The van der Waals surface area contributed by atoms with Gasteiger partial charge in [0.15, 0.2) is 0 Å². The molecule has 0 radical (unpaired) electrons. The highest BCUT2D eigenvalue weighted by atomic mass is 35.5. The first kappa shape index (κ1) is 17.4. The first-order valence-corrected chi connectivity index (χ1v) is 9.01. The molecule has 126 valence electrons. The molecule has 3 aromatic carbocycles. The molecule has 3 nitrogen and oxygen atoms in total. The van der Waals surface area contributed by atoms with E-state index in [0.717, 1.165) is 10.5 Å². The van der Waals surface area contributed by atoms with E-state index in [-0.39, 0.29) is 5.91 Å². The average molecular weight is 369 g/mol. The van der Waals surface area contributed by atoms with Crippen LogP contribution in [-0.4, -0.2) is 5.91 Å². The highest BCUT2D eigenvalue weighted by Gasteiger charge is 2.22. The van der Waals surface area contributed by atoms with E-state index >= 15 is 0 Å². The number of carbonyl (C=O) groups excluding carboxylic acids is 1. The van der Waals surface area contributed by atoms with Crippen molar-refractivity contribution < 1.29 is 4.79 Å². The van der Waals surface area contributed by atoms with Crippen LogP contribution in [0.25, 0.3) is 0 Å². The van der Waals surface area contributed by atoms with Crippen molar-refractivity contribution in [2.75, 3.05) is 11.1 Å². The first-order chi connectivity index (χ1) is 12.1. The SMILES string of the molecule is Nc1cccc(SC(C(=O)Nc2cccc(Cl)c2)c2ccccc2)c1. The summed E-state index contributed by atoms with van der Waals surface area (Å²) < 4.78 is 0. The van der Waals surface area contributed by atoms with Crippen molar-refractivity contribution in [3.05, 3.63) is 89.4 Å². The number of hydrogen-bond acceptors (Lipinski definition) is 3. The van der Waals surface area contributed by atoms with Gasteiger partial charge in [-0.05, 0) is 42.0 Å². The molecule has 25 heavy (non-hydrogen) atoms. The van der Waals surface area contributed by atoms with Crippen molar-refractivity contribution in [3.63, 3.8) is 0 Å². The number of rotatable bonds is 5. The second-order valence-electron chi connectivity index (χ2n) is 5.48. The summed E-state index contributed by atoms with van der Waals surface area (Å²) in [5, 5.41) is 3.12. The molecule has 0 saturated carbocycles. The molecule has 3 rings (SSSR count). The van der Waals surface area contributed by atoms with Crippen LogP contribution in [0.15, 0.2) is 83.8 Å². The fourth-order valence-corrected chi connectivity index (χ4v) is 3.68. The molecule has 3 aromatic rings. The van der Waals surface area contributed by atoms with Gasteiger partial charge < -0.3 is 11.1 Å². The summed E-state index contributed by atoms with van der Waals surface area (Å²) in [5.41, 5.74) is 8.13. The van der Waals surface area contributed by atoms with Gasteiger partial charge in [-0.1, -0.05) is 54.1 Å². The van der Waals surface area contributed by atoms with E-state index in [1.807, 2.05) is 60.7 Å². The summed E-state index contributed by atoms with van der Waals surface area (Å²) in [6.45, 7) is 0. The van der Waals surface area contributed by atoms with E-state index in [2.05, 4.69) is 5.32 Å². The number of anilines is 2. The molecular formula is C20H17ClN2OS. The highest BCUT2D eigenvalue weighted by Crippen LogP contribution is 2.37. The van der Waals surface area contributed by atoms with Crippen LogP contribution < -0.4 is 11.1 Å². The summed E-state index contributed by atoms with van der Waals surface area (Å²) in [7, 11) is 0. The zero-order chi connectivity index (χ0) is 17.6. The van der Waals surface area contributed by atoms with Crippen molar-refractivity contribution >= 4 is 40.6 Å². The lowest BCUT2D eigenvalue weighted by molar-refractivity contribution is -0.115. The van der Waals surface area contributed by atoms with Crippen LogP contribution in [0, 0.1) is 0 Å². The van der Waals surface area contributed by atoms with Crippen molar-refractivity contribution in [1.82, 2.24) is 0 Å². The largest absolute Gasteiger partial charge is 0.399 e. The van der Waals surface area contributed by atoms with Crippen molar-refractivity contribution in [2.24, 2.45) is 0 Å². The van der Waals surface area contributed by atoms with E-state index in [0.29, 0.717) is 16.4 Å². The summed E-state index contributed by atoms with van der Waals surface area (Å²) in [5.74, 6) is -0.110. The summed E-state index contributed by atoms with van der Waals surface area (Å²) >= 11 is 7.46.